The number of carboxylic acids is 1. The number of hydrogen-bond donors (Lipinski definition) is 2. The third kappa shape index (κ3) is 3.71. The summed E-state index contributed by atoms with van der Waals surface area (Å²) in [7, 11) is 0. The maximum absolute atomic E-state index is 12.3. The number of rotatable bonds is 3. The monoisotopic (exact) mass is 265 g/mol. The molecule has 1 aromatic rings. The number of aryl methyl sites for hydroxylation is 1. The number of carbonyl (C=O) groups is 2. The van der Waals surface area contributed by atoms with Crippen molar-refractivity contribution < 1.29 is 19.8 Å². The maximum Gasteiger partial charge on any atom is 0.323 e. The van der Waals surface area contributed by atoms with Gasteiger partial charge in [-0.3, -0.25) is 9.59 Å². The average molecular weight is 265 g/mol. The highest BCUT2D eigenvalue weighted by atomic mass is 16.4. The molecule has 0 saturated carbocycles. The van der Waals surface area contributed by atoms with E-state index in [1.165, 1.54) is 11.0 Å². The van der Waals surface area contributed by atoms with Crippen LogP contribution in [0.5, 0.6) is 5.75 Å². The summed E-state index contributed by atoms with van der Waals surface area (Å²) in [6.07, 6.45) is 0. The van der Waals surface area contributed by atoms with Gasteiger partial charge in [0.15, 0.2) is 0 Å². The summed E-state index contributed by atoms with van der Waals surface area (Å²) in [4.78, 5) is 24.5. The Bertz CT molecular complexity index is 503. The van der Waals surface area contributed by atoms with E-state index in [4.69, 9.17) is 5.11 Å². The molecule has 1 rings (SSSR count). The molecule has 0 heterocycles. The Morgan fingerprint density at radius 2 is 1.84 bits per heavy atom. The van der Waals surface area contributed by atoms with E-state index < -0.39 is 17.4 Å². The van der Waals surface area contributed by atoms with Gasteiger partial charge in [-0.05, 0) is 45.4 Å². The topological polar surface area (TPSA) is 77.8 Å². The molecule has 5 nitrogen and oxygen atoms in total. The van der Waals surface area contributed by atoms with Crippen molar-refractivity contribution in [3.8, 4) is 5.75 Å². The SMILES string of the molecule is Cc1ccc(C(=O)N(CC(=O)O)C(C)(C)C)cc1O. The summed E-state index contributed by atoms with van der Waals surface area (Å²) in [6, 6.07) is 4.57. The molecule has 0 fully saturated rings. The van der Waals surface area contributed by atoms with Crippen molar-refractivity contribution >= 4 is 11.9 Å². The molecule has 5 heteroatoms. The first-order valence-electron chi connectivity index (χ1n) is 5.96. The predicted molar refractivity (Wildman–Crippen MR) is 71.3 cm³/mol. The van der Waals surface area contributed by atoms with Crippen LogP contribution in [0.25, 0.3) is 0 Å². The van der Waals surface area contributed by atoms with Crippen molar-refractivity contribution in [2.75, 3.05) is 6.54 Å². The van der Waals surface area contributed by atoms with Gasteiger partial charge < -0.3 is 15.1 Å². The van der Waals surface area contributed by atoms with Gasteiger partial charge in [-0.1, -0.05) is 6.07 Å². The number of amides is 1. The molecule has 1 amide bonds. The number of hydrogen-bond acceptors (Lipinski definition) is 3. The van der Waals surface area contributed by atoms with E-state index in [1.54, 1.807) is 39.8 Å². The fourth-order valence-electron chi connectivity index (χ4n) is 1.65. The van der Waals surface area contributed by atoms with E-state index in [0.29, 0.717) is 5.56 Å². The van der Waals surface area contributed by atoms with Crippen molar-refractivity contribution in [3.05, 3.63) is 29.3 Å². The van der Waals surface area contributed by atoms with E-state index >= 15 is 0 Å². The van der Waals surface area contributed by atoms with E-state index in [-0.39, 0.29) is 17.9 Å². The summed E-state index contributed by atoms with van der Waals surface area (Å²) in [5.74, 6) is -1.46. The molecule has 0 spiro atoms. The van der Waals surface area contributed by atoms with Crippen molar-refractivity contribution in [1.82, 2.24) is 4.90 Å². The van der Waals surface area contributed by atoms with Gasteiger partial charge in [0.2, 0.25) is 0 Å². The average Bonchev–Trinajstić information content (AvgIpc) is 2.27. The van der Waals surface area contributed by atoms with Crippen LogP contribution in [0.1, 0.15) is 36.7 Å². The highest BCUT2D eigenvalue weighted by Gasteiger charge is 2.29. The molecule has 104 valence electrons. The standard InChI is InChI=1S/C14H19NO4/c1-9-5-6-10(7-11(9)16)13(19)15(8-12(17)18)14(2,3)4/h5-7,16H,8H2,1-4H3,(H,17,18). The predicted octanol–water partition coefficient (Wildman–Crippen LogP) is 2.03. The molecular formula is C14H19NO4. The van der Waals surface area contributed by atoms with Crippen molar-refractivity contribution in [1.29, 1.82) is 0 Å². The van der Waals surface area contributed by atoms with Crippen molar-refractivity contribution in [3.63, 3.8) is 0 Å². The number of nitrogens with zero attached hydrogens (tertiary/aromatic N) is 1. The first-order valence-corrected chi connectivity index (χ1v) is 5.96. The summed E-state index contributed by atoms with van der Waals surface area (Å²) < 4.78 is 0. The Kier molecular flexibility index (Phi) is 4.19. The molecular weight excluding hydrogens is 246 g/mol. The highest BCUT2D eigenvalue weighted by Crippen LogP contribution is 2.22. The fourth-order valence-corrected chi connectivity index (χ4v) is 1.65. The molecule has 0 aliphatic carbocycles. The number of carboxylic acid groups (broad SMARTS) is 1. The van der Waals surface area contributed by atoms with Crippen LogP contribution in [0.3, 0.4) is 0 Å². The van der Waals surface area contributed by atoms with Gasteiger partial charge in [0.05, 0.1) is 0 Å². The Hall–Kier alpha value is -2.04. The lowest BCUT2D eigenvalue weighted by molar-refractivity contribution is -0.138. The third-order valence-corrected chi connectivity index (χ3v) is 2.80. The number of phenols is 1. The van der Waals surface area contributed by atoms with Gasteiger partial charge in [0.25, 0.3) is 5.91 Å². The Labute approximate surface area is 112 Å². The third-order valence-electron chi connectivity index (χ3n) is 2.80. The van der Waals surface area contributed by atoms with E-state index in [2.05, 4.69) is 0 Å². The second-order valence-electron chi connectivity index (χ2n) is 5.46. The van der Waals surface area contributed by atoms with Gasteiger partial charge in [-0.2, -0.15) is 0 Å². The summed E-state index contributed by atoms with van der Waals surface area (Å²) >= 11 is 0. The normalized spacial score (nSPS) is 11.2. The van der Waals surface area contributed by atoms with Crippen LogP contribution in [0.15, 0.2) is 18.2 Å². The zero-order chi connectivity index (χ0) is 14.8. The second-order valence-corrected chi connectivity index (χ2v) is 5.46. The van der Waals surface area contributed by atoms with Crippen LogP contribution >= 0.6 is 0 Å². The van der Waals surface area contributed by atoms with Crippen molar-refractivity contribution in [2.24, 2.45) is 0 Å². The minimum atomic E-state index is -1.07. The lowest BCUT2D eigenvalue weighted by Crippen LogP contribution is -2.48. The molecule has 0 bridgehead atoms. The Morgan fingerprint density at radius 1 is 1.26 bits per heavy atom. The number of phenolic OH excluding ortho intramolecular Hbond substituents is 1. The van der Waals surface area contributed by atoms with Crippen LogP contribution in [0.2, 0.25) is 0 Å². The summed E-state index contributed by atoms with van der Waals surface area (Å²) in [6.45, 7) is 6.64. The van der Waals surface area contributed by atoms with Crippen LogP contribution in [-0.4, -0.2) is 39.1 Å². The Balaban J connectivity index is 3.12. The molecule has 0 aliphatic rings. The smallest absolute Gasteiger partial charge is 0.323 e. The van der Waals surface area contributed by atoms with Gasteiger partial charge in [-0.25, -0.2) is 0 Å². The molecule has 1 aromatic carbocycles. The maximum atomic E-state index is 12.3. The lowest BCUT2D eigenvalue weighted by atomic mass is 10.0. The first kappa shape index (κ1) is 15.0. The highest BCUT2D eigenvalue weighted by molar-refractivity contribution is 5.96. The van der Waals surface area contributed by atoms with E-state index in [0.717, 1.165) is 0 Å². The van der Waals surface area contributed by atoms with Gasteiger partial charge in [0, 0.05) is 11.1 Å². The summed E-state index contributed by atoms with van der Waals surface area (Å²) in [5, 5.41) is 18.5. The minimum absolute atomic E-state index is 0.0232. The van der Waals surface area contributed by atoms with Crippen LogP contribution < -0.4 is 0 Å². The molecule has 0 aromatic heterocycles. The summed E-state index contributed by atoms with van der Waals surface area (Å²) in [5.41, 5.74) is 0.326. The van der Waals surface area contributed by atoms with Crippen molar-refractivity contribution in [2.45, 2.75) is 33.2 Å². The van der Waals surface area contributed by atoms with E-state index in [1.807, 2.05) is 0 Å². The van der Waals surface area contributed by atoms with E-state index in [9.17, 15) is 14.7 Å². The quantitative estimate of drug-likeness (QED) is 0.876. The van der Waals surface area contributed by atoms with Crippen LogP contribution in [0, 0.1) is 6.92 Å². The largest absolute Gasteiger partial charge is 0.508 e. The minimum Gasteiger partial charge on any atom is -0.508 e. The Morgan fingerprint density at radius 3 is 2.26 bits per heavy atom. The molecule has 0 aliphatic heterocycles. The molecule has 0 atom stereocenters. The number of carbonyl (C=O) groups excluding carboxylic acids is 1. The zero-order valence-electron chi connectivity index (χ0n) is 11.6. The second kappa shape index (κ2) is 5.30. The molecule has 19 heavy (non-hydrogen) atoms. The van der Waals surface area contributed by atoms with Gasteiger partial charge >= 0.3 is 5.97 Å². The number of benzene rings is 1. The zero-order valence-corrected chi connectivity index (χ0v) is 11.6. The number of aliphatic carboxylic acids is 1. The van der Waals surface area contributed by atoms with Gasteiger partial charge in [-0.15, -0.1) is 0 Å². The molecule has 2 N–H and O–H groups in total. The lowest BCUT2D eigenvalue weighted by Gasteiger charge is -2.34. The molecule has 0 unspecified atom stereocenters. The fraction of sp³-hybridized carbons (Fsp3) is 0.429. The molecule has 0 radical (unpaired) electrons. The van der Waals surface area contributed by atoms with Crippen LogP contribution in [-0.2, 0) is 4.79 Å². The molecule has 0 saturated heterocycles. The van der Waals surface area contributed by atoms with Crippen LogP contribution in [0.4, 0.5) is 0 Å². The number of aromatic hydroxyl groups is 1. The van der Waals surface area contributed by atoms with Gasteiger partial charge in [0.1, 0.15) is 12.3 Å². The first-order chi connectivity index (χ1) is 8.62.